The molecule has 16 heavy (non-hydrogen) atoms. The lowest BCUT2D eigenvalue weighted by molar-refractivity contribution is 0.638. The second kappa shape index (κ2) is 5.39. The molecule has 0 spiro atoms. The molecule has 0 radical (unpaired) electrons. The van der Waals surface area contributed by atoms with Crippen molar-refractivity contribution >= 4 is 23.1 Å². The van der Waals surface area contributed by atoms with Crippen LogP contribution in [0.15, 0.2) is 30.5 Å². The van der Waals surface area contributed by atoms with Gasteiger partial charge in [0.2, 0.25) is 0 Å². The van der Waals surface area contributed by atoms with Crippen LogP contribution < -0.4 is 5.32 Å². The van der Waals surface area contributed by atoms with Gasteiger partial charge in [0.1, 0.15) is 0 Å². The van der Waals surface area contributed by atoms with Crippen molar-refractivity contribution in [3.05, 3.63) is 45.9 Å². The van der Waals surface area contributed by atoms with Gasteiger partial charge in [-0.3, -0.25) is 0 Å². The molecule has 1 heterocycles. The third-order valence-electron chi connectivity index (χ3n) is 2.25. The molecule has 0 fully saturated rings. The average molecular weight is 254 g/mol. The van der Waals surface area contributed by atoms with E-state index in [2.05, 4.69) is 27.9 Å². The molecule has 1 aromatic carbocycles. The number of benzene rings is 1. The summed E-state index contributed by atoms with van der Waals surface area (Å²) in [6.07, 6.45) is 1.79. The van der Waals surface area contributed by atoms with Crippen molar-refractivity contribution in [2.75, 3.05) is 6.54 Å². The fourth-order valence-electron chi connectivity index (χ4n) is 1.57. The van der Waals surface area contributed by atoms with Crippen molar-refractivity contribution in [2.24, 2.45) is 0 Å². The highest BCUT2D eigenvalue weighted by molar-refractivity contribution is 7.05. The maximum absolute atomic E-state index is 5.99. The van der Waals surface area contributed by atoms with Crippen molar-refractivity contribution in [3.63, 3.8) is 0 Å². The van der Waals surface area contributed by atoms with Crippen LogP contribution in [0.4, 0.5) is 0 Å². The second-order valence-corrected chi connectivity index (χ2v) is 4.62. The maximum Gasteiger partial charge on any atom is 0.0703 e. The molecule has 0 saturated heterocycles. The van der Waals surface area contributed by atoms with E-state index in [0.717, 1.165) is 22.0 Å². The molecule has 5 heteroatoms. The standard InChI is InChI=1S/C11H12ClN3S/c1-2-13-11(10-7-14-15-16-10)8-4-3-5-9(12)6-8/h3-7,11,13H,2H2,1H3. The number of aromatic nitrogens is 2. The van der Waals surface area contributed by atoms with Gasteiger partial charge in [-0.1, -0.05) is 35.1 Å². The van der Waals surface area contributed by atoms with Gasteiger partial charge in [0.05, 0.1) is 17.1 Å². The summed E-state index contributed by atoms with van der Waals surface area (Å²) >= 11 is 7.40. The van der Waals surface area contributed by atoms with E-state index in [1.807, 2.05) is 18.2 Å². The monoisotopic (exact) mass is 253 g/mol. The molecule has 0 amide bonds. The molecule has 0 aliphatic carbocycles. The number of nitrogens with zero attached hydrogens (tertiary/aromatic N) is 2. The minimum Gasteiger partial charge on any atom is -0.306 e. The zero-order valence-corrected chi connectivity index (χ0v) is 10.4. The number of halogens is 1. The van der Waals surface area contributed by atoms with Gasteiger partial charge in [0, 0.05) is 5.02 Å². The Balaban J connectivity index is 2.33. The summed E-state index contributed by atoms with van der Waals surface area (Å²) < 4.78 is 3.89. The fraction of sp³-hybridized carbons (Fsp3) is 0.273. The lowest BCUT2D eigenvalue weighted by Crippen LogP contribution is -2.21. The molecule has 2 rings (SSSR count). The third kappa shape index (κ3) is 2.58. The Morgan fingerprint density at radius 1 is 1.50 bits per heavy atom. The first kappa shape index (κ1) is 11.5. The minimum absolute atomic E-state index is 0.128. The van der Waals surface area contributed by atoms with E-state index < -0.39 is 0 Å². The highest BCUT2D eigenvalue weighted by Gasteiger charge is 2.15. The van der Waals surface area contributed by atoms with Gasteiger partial charge in [0.25, 0.3) is 0 Å². The van der Waals surface area contributed by atoms with Gasteiger partial charge < -0.3 is 5.32 Å². The van der Waals surface area contributed by atoms with E-state index in [1.165, 1.54) is 11.5 Å². The first-order valence-corrected chi connectivity index (χ1v) is 6.22. The molecular weight excluding hydrogens is 242 g/mol. The summed E-state index contributed by atoms with van der Waals surface area (Å²) in [4.78, 5) is 1.10. The molecule has 0 aliphatic heterocycles. The molecule has 1 N–H and O–H groups in total. The predicted octanol–water partition coefficient (Wildman–Crippen LogP) is 2.89. The lowest BCUT2D eigenvalue weighted by atomic mass is 10.1. The van der Waals surface area contributed by atoms with Crippen LogP contribution in [0.5, 0.6) is 0 Å². The first-order valence-electron chi connectivity index (χ1n) is 5.07. The van der Waals surface area contributed by atoms with Crippen LogP contribution in [0.2, 0.25) is 5.02 Å². The highest BCUT2D eigenvalue weighted by Crippen LogP contribution is 2.25. The Bertz CT molecular complexity index is 444. The largest absolute Gasteiger partial charge is 0.306 e. The van der Waals surface area contributed by atoms with Gasteiger partial charge >= 0.3 is 0 Å². The van der Waals surface area contributed by atoms with Crippen LogP contribution in [0, 0.1) is 0 Å². The SMILES string of the molecule is CCNC(c1cccc(Cl)c1)c1cnns1. The first-order chi connectivity index (χ1) is 7.81. The van der Waals surface area contributed by atoms with Crippen molar-refractivity contribution in [1.29, 1.82) is 0 Å². The summed E-state index contributed by atoms with van der Waals surface area (Å²) in [5.41, 5.74) is 1.14. The summed E-state index contributed by atoms with van der Waals surface area (Å²) in [7, 11) is 0. The Kier molecular flexibility index (Phi) is 3.88. The molecule has 0 aliphatic rings. The zero-order valence-electron chi connectivity index (χ0n) is 8.85. The van der Waals surface area contributed by atoms with Gasteiger partial charge in [-0.2, -0.15) is 0 Å². The predicted molar refractivity (Wildman–Crippen MR) is 66.9 cm³/mol. The molecule has 2 aromatic rings. The van der Waals surface area contributed by atoms with Gasteiger partial charge in [-0.05, 0) is 35.8 Å². The molecule has 3 nitrogen and oxygen atoms in total. The van der Waals surface area contributed by atoms with Gasteiger partial charge in [-0.25, -0.2) is 0 Å². The quantitative estimate of drug-likeness (QED) is 0.911. The summed E-state index contributed by atoms with van der Waals surface area (Å²) in [6.45, 7) is 2.96. The van der Waals surface area contributed by atoms with E-state index in [9.17, 15) is 0 Å². The maximum atomic E-state index is 5.99. The minimum atomic E-state index is 0.128. The van der Waals surface area contributed by atoms with E-state index >= 15 is 0 Å². The molecular formula is C11H12ClN3S. The number of hydrogen-bond acceptors (Lipinski definition) is 4. The lowest BCUT2D eigenvalue weighted by Gasteiger charge is -2.15. The van der Waals surface area contributed by atoms with Crippen LogP contribution in [-0.2, 0) is 0 Å². The molecule has 1 unspecified atom stereocenters. The van der Waals surface area contributed by atoms with Crippen LogP contribution in [0.3, 0.4) is 0 Å². The highest BCUT2D eigenvalue weighted by atomic mass is 35.5. The molecule has 0 saturated carbocycles. The summed E-state index contributed by atoms with van der Waals surface area (Å²) in [5.74, 6) is 0. The zero-order chi connectivity index (χ0) is 11.4. The van der Waals surface area contributed by atoms with E-state index in [4.69, 9.17) is 11.6 Å². The molecule has 1 atom stereocenters. The van der Waals surface area contributed by atoms with Crippen LogP contribution in [0.25, 0.3) is 0 Å². The number of hydrogen-bond donors (Lipinski definition) is 1. The van der Waals surface area contributed by atoms with Crippen LogP contribution in [0.1, 0.15) is 23.4 Å². The third-order valence-corrected chi connectivity index (χ3v) is 3.22. The molecule has 84 valence electrons. The second-order valence-electron chi connectivity index (χ2n) is 3.37. The number of rotatable bonds is 4. The van der Waals surface area contributed by atoms with Crippen molar-refractivity contribution < 1.29 is 0 Å². The van der Waals surface area contributed by atoms with Gasteiger partial charge in [0.15, 0.2) is 0 Å². The normalized spacial score (nSPS) is 12.6. The van der Waals surface area contributed by atoms with Crippen molar-refractivity contribution in [2.45, 2.75) is 13.0 Å². The topological polar surface area (TPSA) is 37.8 Å². The van der Waals surface area contributed by atoms with Crippen molar-refractivity contribution in [1.82, 2.24) is 14.9 Å². The summed E-state index contributed by atoms with van der Waals surface area (Å²) in [5, 5.41) is 8.02. The Hall–Kier alpha value is -0.970. The average Bonchev–Trinajstić information content (AvgIpc) is 2.79. The van der Waals surface area contributed by atoms with Crippen LogP contribution in [-0.4, -0.2) is 16.1 Å². The molecule has 0 bridgehead atoms. The Morgan fingerprint density at radius 2 is 2.38 bits per heavy atom. The summed E-state index contributed by atoms with van der Waals surface area (Å²) in [6, 6.07) is 7.98. The van der Waals surface area contributed by atoms with Crippen LogP contribution >= 0.6 is 23.1 Å². The molecule has 1 aromatic heterocycles. The number of nitrogens with one attached hydrogen (secondary N) is 1. The smallest absolute Gasteiger partial charge is 0.0703 e. The van der Waals surface area contributed by atoms with Crippen molar-refractivity contribution in [3.8, 4) is 0 Å². The Labute approximate surface area is 104 Å². The van der Waals surface area contributed by atoms with E-state index in [-0.39, 0.29) is 6.04 Å². The fourth-order valence-corrected chi connectivity index (χ4v) is 2.38. The van der Waals surface area contributed by atoms with E-state index in [1.54, 1.807) is 6.20 Å². The van der Waals surface area contributed by atoms with Gasteiger partial charge in [-0.15, -0.1) is 5.10 Å². The van der Waals surface area contributed by atoms with E-state index in [0.29, 0.717) is 0 Å². The Morgan fingerprint density at radius 3 is 3.00 bits per heavy atom.